The number of hydrogen-bond acceptors (Lipinski definition) is 23. The van der Waals surface area contributed by atoms with Gasteiger partial charge in [-0.1, -0.05) is 7.43 Å². The van der Waals surface area contributed by atoms with E-state index in [0.29, 0.717) is 0 Å². The van der Waals surface area contributed by atoms with Crippen LogP contribution in [0.15, 0.2) is 0 Å². The first-order valence-corrected chi connectivity index (χ1v) is 17.0. The molecule has 0 aliphatic carbocycles. The summed E-state index contributed by atoms with van der Waals surface area (Å²) in [6, 6.07) is -3.65. The molecule has 17 atom stereocenters. The average Bonchev–Trinajstić information content (AvgIpc) is 3.09. The smallest absolute Gasteiger partial charge is 0.435 e. The summed E-state index contributed by atoms with van der Waals surface area (Å²) in [4.78, 5) is 61.5. The quantitative estimate of drug-likeness (QED) is 0.0249. The number of phosphoric ester groups is 1. The van der Waals surface area contributed by atoms with Gasteiger partial charge in [0, 0.05) is 15.5 Å². The van der Waals surface area contributed by atoms with Crippen LogP contribution in [0, 0.1) is 0 Å². The second-order valence-corrected chi connectivity index (χ2v) is 13.4. The number of primary amides is 1. The van der Waals surface area contributed by atoms with Crippen molar-refractivity contribution < 1.29 is 118 Å². The lowest BCUT2D eigenvalue weighted by Gasteiger charge is -2.50. The molecule has 0 bridgehead atoms. The van der Waals surface area contributed by atoms with Crippen molar-refractivity contribution in [3.8, 4) is 0 Å². The van der Waals surface area contributed by atoms with Crippen LogP contribution in [0.25, 0.3) is 0 Å². The molecule has 3 saturated heterocycles. The van der Waals surface area contributed by atoms with Crippen molar-refractivity contribution in [3.63, 3.8) is 0 Å². The van der Waals surface area contributed by atoms with E-state index in [4.69, 9.17) is 43.2 Å². The van der Waals surface area contributed by atoms with E-state index in [2.05, 4.69) is 20.4 Å². The number of phosphoric acid groups is 1. The summed E-state index contributed by atoms with van der Waals surface area (Å²) in [5.41, 5.74) is 4.92. The molecule has 0 spiro atoms. The molecule has 0 aromatic rings. The van der Waals surface area contributed by atoms with Gasteiger partial charge in [-0.25, -0.2) is 4.57 Å². The molecule has 3 aliphatic rings. The molecule has 3 heterocycles. The highest BCUT2D eigenvalue weighted by atomic mass is 31.2. The summed E-state index contributed by atoms with van der Waals surface area (Å²) in [6.45, 7) is -0.785. The van der Waals surface area contributed by atoms with Crippen LogP contribution in [0.5, 0.6) is 0 Å². The molecule has 28 heteroatoms. The van der Waals surface area contributed by atoms with Crippen LogP contribution in [0.2, 0.25) is 0 Å². The molecule has 324 valence electrons. The summed E-state index contributed by atoms with van der Waals surface area (Å²) in [5.74, 6) is -2.19. The minimum atomic E-state index is -5.38. The zero-order valence-electron chi connectivity index (χ0n) is 28.6. The molecule has 3 rings (SSSR count). The van der Waals surface area contributed by atoms with Gasteiger partial charge in [-0.2, -0.15) is 0 Å². The van der Waals surface area contributed by atoms with Gasteiger partial charge in [0.2, 0.25) is 18.1 Å². The maximum atomic E-state index is 13.0. The van der Waals surface area contributed by atoms with Crippen molar-refractivity contribution in [2.45, 2.75) is 119 Å². The van der Waals surface area contributed by atoms with Gasteiger partial charge in [-0.15, -0.1) is 5.48 Å². The normalized spacial score (nSPS) is 39.2. The highest BCUT2D eigenvalue weighted by Crippen LogP contribution is 2.48. The molecular formula is C27H51FN3O23P. The van der Waals surface area contributed by atoms with Gasteiger partial charge in [-0.3, -0.25) is 32.9 Å². The molecule has 16 unspecified atom stereocenters. The summed E-state index contributed by atoms with van der Waals surface area (Å²) in [5, 5.41) is 75.6. The number of carbonyl (C=O) groups is 4. The van der Waals surface area contributed by atoms with Crippen molar-refractivity contribution in [1.29, 1.82) is 0 Å². The number of hydrogen-bond donors (Lipinski definition) is 11. The first-order valence-electron chi connectivity index (χ1n) is 15.5. The highest BCUT2D eigenvalue weighted by molar-refractivity contribution is 7.47. The van der Waals surface area contributed by atoms with Crippen molar-refractivity contribution in [3.05, 3.63) is 0 Å². The Morgan fingerprint density at radius 2 is 1.60 bits per heavy atom. The lowest BCUT2D eigenvalue weighted by molar-refractivity contribution is -0.349. The second kappa shape index (κ2) is 21.8. The fourth-order valence-electron chi connectivity index (χ4n) is 5.54. The first kappa shape index (κ1) is 50.4. The van der Waals surface area contributed by atoms with Crippen molar-refractivity contribution >= 4 is 32.6 Å². The lowest BCUT2D eigenvalue weighted by atomic mass is 9.83. The van der Waals surface area contributed by atoms with Gasteiger partial charge < -0.3 is 89.7 Å². The predicted molar refractivity (Wildman–Crippen MR) is 172 cm³/mol. The van der Waals surface area contributed by atoms with E-state index in [9.17, 15) is 64.4 Å². The molecule has 0 saturated carbocycles. The zero-order valence-corrected chi connectivity index (χ0v) is 29.5. The van der Waals surface area contributed by atoms with E-state index in [0.717, 1.165) is 21.0 Å². The highest BCUT2D eigenvalue weighted by Gasteiger charge is 2.60. The van der Waals surface area contributed by atoms with Crippen LogP contribution in [-0.2, 0) is 70.8 Å². The number of nitrogens with one attached hydrogen (secondary N) is 2. The summed E-state index contributed by atoms with van der Waals surface area (Å²) >= 11 is 0. The zero-order chi connectivity index (χ0) is 39.8. The molecule has 3 aliphatic heterocycles. The maximum absolute atomic E-state index is 13.0. The molecule has 26 nitrogen and oxygen atoms in total. The SMILES string of the molecule is C.CO[C@H](COP(=O)(O)OC1OC(C(N)=O)C(C)(O)C(NOC=O)C1OC1OC(COC2OC(CO)C(O)C(O)C2O)C(O)C(O)C1NC(C)=O)OC=O.F.[2HH]. The van der Waals surface area contributed by atoms with Crippen LogP contribution in [0.4, 0.5) is 4.70 Å². The second-order valence-electron chi connectivity index (χ2n) is 12.0. The standard InChI is InChI=1S/C26H44N3O23P.CH4.FH.H2/c1-9(33)28-13-16(36)15(35)11(5-44-24-18(38)17(37)14(34)10(4-30)48-24)49-23(13)50-19-20(29-46-8-32)26(2,40)21(22(27)39)51-25(19)52-53(41,42)47-6-12(43-3)45-7-31;;;/h7-8,10-21,23-25,29-30,34-38,40H,4-6H2,1-3H3,(H2,27,39)(H,28,33)(H,41,42);1H4;2*1H/t10?,11?,12-,13?,14?,15?,16?,17?,18?,19?,20?,21?,23?,24?,25?,26?;;;/m0.../s1/i;;;1+1. The van der Waals surface area contributed by atoms with Gasteiger partial charge in [0.1, 0.15) is 73.1 Å². The van der Waals surface area contributed by atoms with Crippen LogP contribution in [0.1, 0.15) is 22.7 Å². The van der Waals surface area contributed by atoms with E-state index < -0.39 is 137 Å². The molecule has 12 N–H and O–H groups in total. The maximum Gasteiger partial charge on any atom is 0.474 e. The van der Waals surface area contributed by atoms with E-state index >= 15 is 0 Å². The third-order valence-corrected chi connectivity index (χ3v) is 9.19. The monoisotopic (exact) mass is 836 g/mol. The van der Waals surface area contributed by atoms with Gasteiger partial charge in [0.25, 0.3) is 6.47 Å². The van der Waals surface area contributed by atoms with Crippen molar-refractivity contribution in [1.82, 2.24) is 10.8 Å². The predicted octanol–water partition coefficient (Wildman–Crippen LogP) is -6.54. The number of hydroxylamine groups is 1. The molecular weight excluding hydrogens is 784 g/mol. The molecule has 55 heavy (non-hydrogen) atoms. The Balaban J connectivity index is 0.0000101. The van der Waals surface area contributed by atoms with E-state index in [1.54, 1.807) is 0 Å². The Morgan fingerprint density at radius 1 is 0.982 bits per heavy atom. The van der Waals surface area contributed by atoms with Crippen LogP contribution < -0.4 is 16.5 Å². The van der Waals surface area contributed by atoms with Crippen molar-refractivity contribution in [2.24, 2.45) is 5.73 Å². The molecule has 2 amide bonds. The number of ether oxygens (including phenoxy) is 7. The third kappa shape index (κ3) is 12.4. The van der Waals surface area contributed by atoms with Crippen LogP contribution in [0.3, 0.4) is 0 Å². The van der Waals surface area contributed by atoms with Gasteiger partial charge in [0.15, 0.2) is 25.0 Å². The minimum absolute atomic E-state index is 0. The molecule has 0 aromatic carbocycles. The Morgan fingerprint density at radius 3 is 2.15 bits per heavy atom. The van der Waals surface area contributed by atoms with Crippen LogP contribution in [-0.4, -0.2) is 190 Å². The number of aliphatic hydroxyl groups is 7. The largest absolute Gasteiger partial charge is 0.474 e. The summed E-state index contributed by atoms with van der Waals surface area (Å²) < 4.78 is 60.1. The van der Waals surface area contributed by atoms with Gasteiger partial charge in [0.05, 0.1) is 13.2 Å². The van der Waals surface area contributed by atoms with Crippen molar-refractivity contribution in [2.75, 3.05) is 26.9 Å². The molecule has 3 fully saturated rings. The fraction of sp³-hybridized carbons (Fsp3) is 0.852. The average molecular weight is 837 g/mol. The van der Waals surface area contributed by atoms with Gasteiger partial charge in [-0.05, 0) is 6.92 Å². The topological polar surface area (TPSA) is 390 Å². The van der Waals surface area contributed by atoms with E-state index in [-0.39, 0.29) is 26.5 Å². The summed E-state index contributed by atoms with van der Waals surface area (Å²) in [7, 11) is -4.33. The van der Waals surface area contributed by atoms with E-state index in [1.165, 1.54) is 0 Å². The summed E-state index contributed by atoms with van der Waals surface area (Å²) in [6.07, 6.45) is -24.2. The molecule has 0 radical (unpaired) electrons. The van der Waals surface area contributed by atoms with E-state index in [1.807, 2.05) is 0 Å². The Kier molecular flexibility index (Phi) is 19.9. The Labute approximate surface area is 313 Å². The lowest BCUT2D eigenvalue weighted by Crippen LogP contribution is -2.74. The fourth-order valence-corrected chi connectivity index (χ4v) is 6.34. The Bertz CT molecular complexity index is 1300. The number of carbonyl (C=O) groups excluding carboxylic acids is 4. The first-order chi connectivity index (χ1) is 24.8. The van der Waals surface area contributed by atoms with Crippen LogP contribution >= 0.6 is 7.82 Å². The Hall–Kier alpha value is -2.64. The number of halogens is 1. The number of methoxy groups -OCH3 is 1. The molecule has 0 aromatic heterocycles. The van der Waals surface area contributed by atoms with Gasteiger partial charge >= 0.3 is 14.3 Å². The third-order valence-electron chi connectivity index (χ3n) is 8.25. The number of nitrogens with two attached hydrogens (primary N) is 1. The number of aliphatic hydroxyl groups excluding tert-OH is 6. The minimum Gasteiger partial charge on any atom is -0.435 e. The number of rotatable bonds is 19. The number of amides is 2.